The number of hydrogen-bond donors (Lipinski definition) is 1. The van der Waals surface area contributed by atoms with Crippen LogP contribution in [0, 0.1) is 0 Å². The summed E-state index contributed by atoms with van der Waals surface area (Å²) < 4.78 is 0. The number of nitrogens with zero attached hydrogens (tertiary/aromatic N) is 2. The quantitative estimate of drug-likeness (QED) is 0.733. The Morgan fingerprint density at radius 3 is 2.74 bits per heavy atom. The van der Waals surface area contributed by atoms with Gasteiger partial charge in [0, 0.05) is 32.0 Å². The molecule has 0 spiro atoms. The number of unbranched alkanes of at least 4 members (excludes halogenated alkanes) is 2. The lowest BCUT2D eigenvalue weighted by Gasteiger charge is -2.16. The molecule has 0 saturated carbocycles. The summed E-state index contributed by atoms with van der Waals surface area (Å²) in [6.07, 6.45) is 6.08. The Morgan fingerprint density at radius 2 is 2.05 bits per heavy atom. The number of anilines is 1. The molecule has 1 amide bonds. The molecule has 0 atom stereocenters. The van der Waals surface area contributed by atoms with Gasteiger partial charge in [0.15, 0.2) is 0 Å². The van der Waals surface area contributed by atoms with Crippen LogP contribution in [0.3, 0.4) is 0 Å². The van der Waals surface area contributed by atoms with E-state index in [1.807, 2.05) is 19.2 Å². The standard InChI is InChI=1S/C15H25N3O/c1-4-6-9-16-13-8-10-17-14(12-13)15(19)18(3)11-7-5-2/h8,10,12H,4-7,9,11H2,1-3H3,(H,16,17). The Kier molecular flexibility index (Phi) is 6.93. The smallest absolute Gasteiger partial charge is 0.272 e. The maximum atomic E-state index is 12.2. The second-order valence-corrected chi connectivity index (χ2v) is 4.79. The topological polar surface area (TPSA) is 45.2 Å². The molecule has 0 aliphatic heterocycles. The second-order valence-electron chi connectivity index (χ2n) is 4.79. The predicted octanol–water partition coefficient (Wildman–Crippen LogP) is 3.17. The van der Waals surface area contributed by atoms with E-state index < -0.39 is 0 Å². The first-order valence-corrected chi connectivity index (χ1v) is 7.14. The number of rotatable bonds is 8. The molecule has 1 heterocycles. The summed E-state index contributed by atoms with van der Waals surface area (Å²) in [6, 6.07) is 3.74. The first-order chi connectivity index (χ1) is 9.19. The molecule has 0 aliphatic carbocycles. The van der Waals surface area contributed by atoms with Gasteiger partial charge < -0.3 is 10.2 Å². The lowest BCUT2D eigenvalue weighted by molar-refractivity contribution is 0.0787. The molecule has 4 nitrogen and oxygen atoms in total. The normalized spacial score (nSPS) is 10.3. The van der Waals surface area contributed by atoms with Gasteiger partial charge in [-0.05, 0) is 25.0 Å². The summed E-state index contributed by atoms with van der Waals surface area (Å²) in [5, 5.41) is 3.31. The number of pyridine rings is 1. The van der Waals surface area contributed by atoms with Gasteiger partial charge in [0.2, 0.25) is 0 Å². The molecule has 19 heavy (non-hydrogen) atoms. The van der Waals surface area contributed by atoms with Crippen molar-refractivity contribution in [2.75, 3.05) is 25.5 Å². The highest BCUT2D eigenvalue weighted by Crippen LogP contribution is 2.10. The third kappa shape index (κ3) is 5.28. The zero-order chi connectivity index (χ0) is 14.1. The molecule has 4 heteroatoms. The van der Waals surface area contributed by atoms with Crippen molar-refractivity contribution < 1.29 is 4.79 Å². The van der Waals surface area contributed by atoms with Crippen molar-refractivity contribution in [2.45, 2.75) is 39.5 Å². The van der Waals surface area contributed by atoms with Gasteiger partial charge in [-0.2, -0.15) is 0 Å². The van der Waals surface area contributed by atoms with Gasteiger partial charge in [-0.1, -0.05) is 26.7 Å². The van der Waals surface area contributed by atoms with Crippen molar-refractivity contribution in [1.82, 2.24) is 9.88 Å². The van der Waals surface area contributed by atoms with E-state index >= 15 is 0 Å². The van der Waals surface area contributed by atoms with Crippen molar-refractivity contribution in [3.63, 3.8) is 0 Å². The van der Waals surface area contributed by atoms with Crippen molar-refractivity contribution in [3.05, 3.63) is 24.0 Å². The molecular formula is C15H25N3O. The highest BCUT2D eigenvalue weighted by atomic mass is 16.2. The van der Waals surface area contributed by atoms with E-state index in [9.17, 15) is 4.79 Å². The van der Waals surface area contributed by atoms with Crippen LogP contribution in [-0.4, -0.2) is 35.9 Å². The first kappa shape index (κ1) is 15.5. The molecule has 0 saturated heterocycles. The van der Waals surface area contributed by atoms with Crippen LogP contribution < -0.4 is 5.32 Å². The van der Waals surface area contributed by atoms with Gasteiger partial charge in [0.25, 0.3) is 5.91 Å². The molecule has 0 fully saturated rings. The summed E-state index contributed by atoms with van der Waals surface area (Å²) >= 11 is 0. The minimum atomic E-state index is -0.00686. The monoisotopic (exact) mass is 263 g/mol. The Morgan fingerprint density at radius 1 is 1.32 bits per heavy atom. The number of amides is 1. The van der Waals surface area contributed by atoms with E-state index in [1.165, 1.54) is 0 Å². The van der Waals surface area contributed by atoms with Crippen molar-refractivity contribution in [1.29, 1.82) is 0 Å². The molecule has 106 valence electrons. The maximum absolute atomic E-state index is 12.2. The fraction of sp³-hybridized carbons (Fsp3) is 0.600. The van der Waals surface area contributed by atoms with Gasteiger partial charge in [0.05, 0.1) is 0 Å². The van der Waals surface area contributed by atoms with Crippen LogP contribution in [0.2, 0.25) is 0 Å². The zero-order valence-corrected chi connectivity index (χ0v) is 12.3. The van der Waals surface area contributed by atoms with E-state index in [-0.39, 0.29) is 5.91 Å². The van der Waals surface area contributed by atoms with Gasteiger partial charge in [-0.15, -0.1) is 0 Å². The first-order valence-electron chi connectivity index (χ1n) is 7.14. The summed E-state index contributed by atoms with van der Waals surface area (Å²) in [5.41, 5.74) is 1.48. The fourth-order valence-electron chi connectivity index (χ4n) is 1.76. The Labute approximate surface area is 116 Å². The van der Waals surface area contributed by atoms with Crippen LogP contribution in [-0.2, 0) is 0 Å². The molecule has 0 unspecified atom stereocenters. The van der Waals surface area contributed by atoms with Crippen LogP contribution in [0.25, 0.3) is 0 Å². The maximum Gasteiger partial charge on any atom is 0.272 e. The molecule has 0 aromatic carbocycles. The number of carbonyl (C=O) groups is 1. The fourth-order valence-corrected chi connectivity index (χ4v) is 1.76. The van der Waals surface area contributed by atoms with E-state index in [2.05, 4.69) is 24.1 Å². The number of nitrogens with one attached hydrogen (secondary N) is 1. The predicted molar refractivity (Wildman–Crippen MR) is 79.5 cm³/mol. The van der Waals surface area contributed by atoms with Gasteiger partial charge in [0.1, 0.15) is 5.69 Å². The lowest BCUT2D eigenvalue weighted by atomic mass is 10.2. The average molecular weight is 263 g/mol. The molecule has 1 aromatic heterocycles. The Balaban J connectivity index is 2.61. The number of hydrogen-bond acceptors (Lipinski definition) is 3. The van der Waals surface area contributed by atoms with Crippen LogP contribution in [0.1, 0.15) is 50.0 Å². The third-order valence-electron chi connectivity index (χ3n) is 3.03. The van der Waals surface area contributed by atoms with Crippen LogP contribution in [0.15, 0.2) is 18.3 Å². The molecule has 1 rings (SSSR count). The molecule has 0 aliphatic rings. The summed E-state index contributed by atoms with van der Waals surface area (Å²) in [4.78, 5) is 18.1. The molecule has 1 N–H and O–H groups in total. The number of carbonyl (C=O) groups excluding carboxylic acids is 1. The largest absolute Gasteiger partial charge is 0.385 e. The van der Waals surface area contributed by atoms with Crippen molar-refractivity contribution in [3.8, 4) is 0 Å². The summed E-state index contributed by atoms with van der Waals surface area (Å²) in [5.74, 6) is -0.00686. The zero-order valence-electron chi connectivity index (χ0n) is 12.3. The Hall–Kier alpha value is -1.58. The number of aromatic nitrogens is 1. The van der Waals surface area contributed by atoms with Crippen LogP contribution in [0.4, 0.5) is 5.69 Å². The average Bonchev–Trinajstić information content (AvgIpc) is 2.44. The van der Waals surface area contributed by atoms with Gasteiger partial charge in [-0.3, -0.25) is 9.78 Å². The van der Waals surface area contributed by atoms with Gasteiger partial charge >= 0.3 is 0 Å². The van der Waals surface area contributed by atoms with Crippen LogP contribution >= 0.6 is 0 Å². The molecule has 1 aromatic rings. The van der Waals surface area contributed by atoms with Crippen molar-refractivity contribution >= 4 is 11.6 Å². The summed E-state index contributed by atoms with van der Waals surface area (Å²) in [6.45, 7) is 5.99. The van der Waals surface area contributed by atoms with E-state index in [0.717, 1.165) is 44.5 Å². The third-order valence-corrected chi connectivity index (χ3v) is 3.03. The second kappa shape index (κ2) is 8.51. The molecule has 0 bridgehead atoms. The lowest BCUT2D eigenvalue weighted by Crippen LogP contribution is -2.28. The van der Waals surface area contributed by atoms with Crippen LogP contribution in [0.5, 0.6) is 0 Å². The van der Waals surface area contributed by atoms with E-state index in [1.54, 1.807) is 11.1 Å². The SMILES string of the molecule is CCCCNc1ccnc(C(=O)N(C)CCCC)c1. The van der Waals surface area contributed by atoms with Gasteiger partial charge in [-0.25, -0.2) is 0 Å². The minimum absolute atomic E-state index is 0.00686. The molecule has 0 radical (unpaired) electrons. The minimum Gasteiger partial charge on any atom is -0.385 e. The van der Waals surface area contributed by atoms with Crippen molar-refractivity contribution in [2.24, 2.45) is 0 Å². The molecular weight excluding hydrogens is 238 g/mol. The Bertz CT molecular complexity index is 393. The highest BCUT2D eigenvalue weighted by Gasteiger charge is 2.12. The summed E-state index contributed by atoms with van der Waals surface area (Å²) in [7, 11) is 1.83. The van der Waals surface area contributed by atoms with E-state index in [0.29, 0.717) is 5.69 Å². The highest BCUT2D eigenvalue weighted by molar-refractivity contribution is 5.92. The van der Waals surface area contributed by atoms with E-state index in [4.69, 9.17) is 0 Å².